The first-order valence-corrected chi connectivity index (χ1v) is 7.60. The number of thioether (sulfide) groups is 1. The number of ether oxygens (including phenoxy) is 2. The second kappa shape index (κ2) is 5.61. The predicted octanol–water partition coefficient (Wildman–Crippen LogP) is 2.90. The van der Waals surface area contributed by atoms with E-state index in [0.717, 1.165) is 42.7 Å². The van der Waals surface area contributed by atoms with E-state index in [1.807, 2.05) is 0 Å². The summed E-state index contributed by atoms with van der Waals surface area (Å²) in [7, 11) is 1.46. The van der Waals surface area contributed by atoms with Crippen LogP contribution in [0.1, 0.15) is 12.8 Å². The number of nitrogens with one attached hydrogen (secondary N) is 1. The number of hydrogen-bond donors (Lipinski definition) is 1. The monoisotopic (exact) mass is 296 g/mol. The molecule has 0 atom stereocenters. The van der Waals surface area contributed by atoms with Crippen LogP contribution in [0.25, 0.3) is 0 Å². The zero-order valence-corrected chi connectivity index (χ0v) is 12.1. The third kappa shape index (κ3) is 2.76. The summed E-state index contributed by atoms with van der Waals surface area (Å²) < 4.78 is 23.7. The average molecular weight is 296 g/mol. The van der Waals surface area contributed by atoms with Crippen LogP contribution in [0.2, 0.25) is 0 Å². The molecule has 0 aromatic heterocycles. The number of nitrogens with zero attached hydrogens (tertiary/aromatic N) is 1. The maximum absolute atomic E-state index is 13.4. The van der Waals surface area contributed by atoms with Crippen molar-refractivity contribution in [1.29, 1.82) is 0 Å². The smallest absolute Gasteiger partial charge is 0.165 e. The molecule has 2 aliphatic heterocycles. The number of benzene rings is 1. The molecule has 2 heterocycles. The van der Waals surface area contributed by atoms with Gasteiger partial charge in [-0.1, -0.05) is 11.8 Å². The van der Waals surface area contributed by atoms with Crippen LogP contribution < -0.4 is 10.1 Å². The highest BCUT2D eigenvalue weighted by atomic mass is 32.2. The summed E-state index contributed by atoms with van der Waals surface area (Å²) in [5.74, 6) is 0.858. The van der Waals surface area contributed by atoms with E-state index in [9.17, 15) is 4.39 Å². The Hall–Kier alpha value is -1.27. The molecule has 0 saturated carbocycles. The highest BCUT2D eigenvalue weighted by molar-refractivity contribution is 8.14. The molecule has 1 aromatic rings. The van der Waals surface area contributed by atoms with E-state index >= 15 is 0 Å². The Morgan fingerprint density at radius 1 is 1.40 bits per heavy atom. The summed E-state index contributed by atoms with van der Waals surface area (Å²) in [5.41, 5.74) is 0.814. The van der Waals surface area contributed by atoms with Gasteiger partial charge in [0.1, 0.15) is 0 Å². The first-order valence-electron chi connectivity index (χ1n) is 6.62. The molecule has 0 aliphatic carbocycles. The molecule has 0 unspecified atom stereocenters. The lowest BCUT2D eigenvalue weighted by atomic mass is 9.93. The molecule has 0 amide bonds. The maximum Gasteiger partial charge on any atom is 0.165 e. The number of aliphatic imine (C=N–C) groups is 1. The van der Waals surface area contributed by atoms with Gasteiger partial charge in [-0.05, 0) is 25.0 Å². The van der Waals surface area contributed by atoms with Crippen molar-refractivity contribution in [3.05, 3.63) is 24.0 Å². The van der Waals surface area contributed by atoms with Gasteiger partial charge in [-0.3, -0.25) is 4.99 Å². The zero-order valence-electron chi connectivity index (χ0n) is 11.3. The Bertz CT molecular complexity index is 530. The van der Waals surface area contributed by atoms with Gasteiger partial charge >= 0.3 is 0 Å². The average Bonchev–Trinajstić information content (AvgIpc) is 2.84. The van der Waals surface area contributed by atoms with Gasteiger partial charge < -0.3 is 14.8 Å². The predicted molar refractivity (Wildman–Crippen MR) is 79.3 cm³/mol. The van der Waals surface area contributed by atoms with E-state index in [-0.39, 0.29) is 17.1 Å². The Labute approximate surface area is 121 Å². The van der Waals surface area contributed by atoms with Crippen LogP contribution in [0.4, 0.5) is 10.1 Å². The van der Waals surface area contributed by atoms with Crippen molar-refractivity contribution >= 4 is 22.6 Å². The summed E-state index contributed by atoms with van der Waals surface area (Å²) in [4.78, 5) is 4.81. The normalized spacial score (nSPS) is 20.8. The molecule has 20 heavy (non-hydrogen) atoms. The van der Waals surface area contributed by atoms with Crippen LogP contribution in [0.5, 0.6) is 5.75 Å². The first-order chi connectivity index (χ1) is 9.71. The molecule has 0 radical (unpaired) electrons. The number of amidine groups is 1. The van der Waals surface area contributed by atoms with Gasteiger partial charge in [0.15, 0.2) is 16.7 Å². The van der Waals surface area contributed by atoms with Crippen molar-refractivity contribution < 1.29 is 13.9 Å². The minimum atomic E-state index is -0.361. The Balaban J connectivity index is 1.73. The van der Waals surface area contributed by atoms with Gasteiger partial charge in [0.05, 0.1) is 12.6 Å². The molecular formula is C14H17FN2O2S. The van der Waals surface area contributed by atoms with E-state index in [2.05, 4.69) is 5.32 Å². The van der Waals surface area contributed by atoms with E-state index in [1.165, 1.54) is 13.2 Å². The van der Waals surface area contributed by atoms with Gasteiger partial charge in [-0.15, -0.1) is 0 Å². The van der Waals surface area contributed by atoms with E-state index in [4.69, 9.17) is 14.5 Å². The van der Waals surface area contributed by atoms with Gasteiger partial charge in [0.25, 0.3) is 0 Å². The first kappa shape index (κ1) is 13.7. The molecule has 3 rings (SSSR count). The minimum absolute atomic E-state index is 0.0232. The molecule has 1 aromatic carbocycles. The molecule has 6 heteroatoms. The third-order valence-electron chi connectivity index (χ3n) is 3.64. The second-order valence-electron chi connectivity index (χ2n) is 5.02. The second-order valence-corrected chi connectivity index (χ2v) is 5.98. The van der Waals surface area contributed by atoms with Crippen LogP contribution in [0, 0.1) is 5.82 Å². The number of halogens is 1. The quantitative estimate of drug-likeness (QED) is 0.911. The summed E-state index contributed by atoms with van der Waals surface area (Å²) in [5, 5.41) is 4.13. The van der Waals surface area contributed by atoms with Crippen LogP contribution in [0.15, 0.2) is 23.2 Å². The van der Waals surface area contributed by atoms with Gasteiger partial charge in [0, 0.05) is 30.7 Å². The molecule has 1 saturated heterocycles. The molecule has 1 fully saturated rings. The Morgan fingerprint density at radius 2 is 2.20 bits per heavy atom. The van der Waals surface area contributed by atoms with Crippen molar-refractivity contribution in [2.45, 2.75) is 18.4 Å². The fourth-order valence-electron chi connectivity index (χ4n) is 2.42. The van der Waals surface area contributed by atoms with Crippen molar-refractivity contribution in [2.24, 2.45) is 4.99 Å². The zero-order chi connectivity index (χ0) is 14.0. The van der Waals surface area contributed by atoms with E-state index in [0.29, 0.717) is 0 Å². The van der Waals surface area contributed by atoms with Crippen LogP contribution >= 0.6 is 11.8 Å². The number of anilines is 1. The molecule has 1 N–H and O–H groups in total. The summed E-state index contributed by atoms with van der Waals surface area (Å²) in [6.07, 6.45) is 1.94. The number of hydrogen-bond acceptors (Lipinski definition) is 5. The van der Waals surface area contributed by atoms with Gasteiger partial charge in [0.2, 0.25) is 0 Å². The van der Waals surface area contributed by atoms with Crippen molar-refractivity contribution in [1.82, 2.24) is 0 Å². The lowest BCUT2D eigenvalue weighted by Crippen LogP contribution is -2.34. The fraction of sp³-hybridized carbons (Fsp3) is 0.500. The molecule has 0 bridgehead atoms. The molecular weight excluding hydrogens is 279 g/mol. The number of rotatable bonds is 2. The van der Waals surface area contributed by atoms with E-state index < -0.39 is 0 Å². The van der Waals surface area contributed by atoms with Crippen LogP contribution in [-0.4, -0.2) is 36.8 Å². The summed E-state index contributed by atoms with van der Waals surface area (Å²) in [6.45, 7) is 1.56. The van der Waals surface area contributed by atoms with Crippen LogP contribution in [0.3, 0.4) is 0 Å². The van der Waals surface area contributed by atoms with Gasteiger partial charge in [-0.2, -0.15) is 0 Å². The minimum Gasteiger partial charge on any atom is -0.494 e. The molecule has 4 nitrogen and oxygen atoms in total. The molecule has 1 spiro atoms. The maximum atomic E-state index is 13.4. The topological polar surface area (TPSA) is 42.8 Å². The summed E-state index contributed by atoms with van der Waals surface area (Å²) in [6, 6.07) is 4.73. The highest BCUT2D eigenvalue weighted by Gasteiger charge is 2.37. The SMILES string of the molecule is COc1cc(NC2=NC3(CCOCC3)CS2)ccc1F. The Kier molecular flexibility index (Phi) is 3.85. The lowest BCUT2D eigenvalue weighted by Gasteiger charge is -2.29. The van der Waals surface area contributed by atoms with Crippen molar-refractivity contribution in [3.63, 3.8) is 0 Å². The van der Waals surface area contributed by atoms with E-state index in [1.54, 1.807) is 23.9 Å². The standard InChI is InChI=1S/C14H17FN2O2S/c1-18-12-8-10(2-3-11(12)15)16-13-17-14(9-20-13)4-6-19-7-5-14/h2-3,8H,4-7,9H2,1H3,(H,16,17). The largest absolute Gasteiger partial charge is 0.494 e. The van der Waals surface area contributed by atoms with Crippen LogP contribution in [-0.2, 0) is 4.74 Å². The Morgan fingerprint density at radius 3 is 2.95 bits per heavy atom. The number of methoxy groups -OCH3 is 1. The van der Waals surface area contributed by atoms with Crippen molar-refractivity contribution in [3.8, 4) is 5.75 Å². The lowest BCUT2D eigenvalue weighted by molar-refractivity contribution is 0.0624. The van der Waals surface area contributed by atoms with Gasteiger partial charge in [-0.25, -0.2) is 4.39 Å². The molecule has 2 aliphatic rings. The highest BCUT2D eigenvalue weighted by Crippen LogP contribution is 2.36. The fourth-order valence-corrected chi connectivity index (χ4v) is 3.62. The van der Waals surface area contributed by atoms with Crippen molar-refractivity contribution in [2.75, 3.05) is 31.4 Å². The summed E-state index contributed by atoms with van der Waals surface area (Å²) >= 11 is 1.71. The molecule has 108 valence electrons. The third-order valence-corrected chi connectivity index (χ3v) is 4.79.